The van der Waals surface area contributed by atoms with Crippen molar-refractivity contribution < 1.29 is 14.3 Å². The minimum Gasteiger partial charge on any atom is -0.462 e. The molecule has 0 aliphatic heterocycles. The molecular formula is C31H48O3. The second-order valence-corrected chi connectivity index (χ2v) is 12.7. The van der Waals surface area contributed by atoms with E-state index in [0.717, 1.165) is 43.4 Å². The van der Waals surface area contributed by atoms with E-state index >= 15 is 0 Å². The Labute approximate surface area is 208 Å². The van der Waals surface area contributed by atoms with Gasteiger partial charge < -0.3 is 4.74 Å². The van der Waals surface area contributed by atoms with E-state index < -0.39 is 0 Å². The molecule has 3 saturated carbocycles. The van der Waals surface area contributed by atoms with Crippen LogP contribution in [0, 0.1) is 40.4 Å². The van der Waals surface area contributed by atoms with Gasteiger partial charge in [-0.05, 0) is 97.9 Å². The minimum absolute atomic E-state index is 0.0764. The Morgan fingerprint density at radius 2 is 1.94 bits per heavy atom. The SMILES string of the molecule is CCCC/C=C/C(=O)C[C@@H](C)[C@H]1CC[C@H]2[C@@H]3CC=C4C[C@@H](OC(C)=O)CC[C@]4(C)[C@H]3CC[C@]12C. The highest BCUT2D eigenvalue weighted by Gasteiger charge is 2.59. The molecular weight excluding hydrogens is 420 g/mol. The molecule has 0 spiro atoms. The summed E-state index contributed by atoms with van der Waals surface area (Å²) in [6.45, 7) is 11.2. The second kappa shape index (κ2) is 10.3. The maximum absolute atomic E-state index is 12.6. The summed E-state index contributed by atoms with van der Waals surface area (Å²) in [4.78, 5) is 24.1. The van der Waals surface area contributed by atoms with Gasteiger partial charge in [0.2, 0.25) is 0 Å². The largest absolute Gasteiger partial charge is 0.462 e. The van der Waals surface area contributed by atoms with Gasteiger partial charge in [0, 0.05) is 19.8 Å². The van der Waals surface area contributed by atoms with Crippen molar-refractivity contribution in [3.8, 4) is 0 Å². The van der Waals surface area contributed by atoms with Gasteiger partial charge in [-0.3, -0.25) is 9.59 Å². The molecule has 4 aliphatic rings. The zero-order valence-electron chi connectivity index (χ0n) is 22.4. The van der Waals surface area contributed by atoms with Crippen LogP contribution in [0.5, 0.6) is 0 Å². The molecule has 0 aromatic carbocycles. The molecule has 34 heavy (non-hydrogen) atoms. The molecule has 0 unspecified atom stereocenters. The van der Waals surface area contributed by atoms with Crippen molar-refractivity contribution in [2.45, 2.75) is 118 Å². The van der Waals surface area contributed by atoms with Gasteiger partial charge >= 0.3 is 5.97 Å². The van der Waals surface area contributed by atoms with Crippen LogP contribution in [-0.4, -0.2) is 17.9 Å². The number of rotatable bonds is 8. The van der Waals surface area contributed by atoms with Crippen LogP contribution in [0.15, 0.2) is 23.8 Å². The normalized spacial score (nSPS) is 40.1. The number of fused-ring (bicyclic) bond motifs is 5. The number of ketones is 1. The van der Waals surface area contributed by atoms with Gasteiger partial charge in [-0.15, -0.1) is 0 Å². The summed E-state index contributed by atoms with van der Waals surface area (Å²) < 4.78 is 5.60. The summed E-state index contributed by atoms with van der Waals surface area (Å²) in [5, 5.41) is 0. The van der Waals surface area contributed by atoms with Gasteiger partial charge in [-0.25, -0.2) is 0 Å². The first-order valence-corrected chi connectivity index (χ1v) is 14.2. The molecule has 0 radical (unpaired) electrons. The zero-order chi connectivity index (χ0) is 24.5. The van der Waals surface area contributed by atoms with Crippen molar-refractivity contribution in [2.75, 3.05) is 0 Å². The Hall–Kier alpha value is -1.38. The zero-order valence-corrected chi connectivity index (χ0v) is 22.4. The third-order valence-electron chi connectivity index (χ3n) is 10.7. The number of hydrogen-bond acceptors (Lipinski definition) is 3. The Kier molecular flexibility index (Phi) is 7.80. The van der Waals surface area contributed by atoms with Crippen molar-refractivity contribution in [2.24, 2.45) is 40.4 Å². The van der Waals surface area contributed by atoms with Crippen LogP contribution in [0.2, 0.25) is 0 Å². The molecule has 4 rings (SSSR count). The molecule has 0 bridgehead atoms. The van der Waals surface area contributed by atoms with E-state index in [2.05, 4.69) is 39.8 Å². The van der Waals surface area contributed by atoms with Crippen molar-refractivity contribution in [1.82, 2.24) is 0 Å². The summed E-state index contributed by atoms with van der Waals surface area (Å²) in [5.41, 5.74) is 2.23. The minimum atomic E-state index is -0.141. The predicted molar refractivity (Wildman–Crippen MR) is 138 cm³/mol. The van der Waals surface area contributed by atoms with Crippen LogP contribution in [0.4, 0.5) is 0 Å². The molecule has 0 amide bonds. The first-order valence-electron chi connectivity index (χ1n) is 14.2. The van der Waals surface area contributed by atoms with E-state index in [1.54, 1.807) is 5.57 Å². The third-order valence-corrected chi connectivity index (χ3v) is 10.7. The van der Waals surface area contributed by atoms with Gasteiger partial charge in [0.1, 0.15) is 6.10 Å². The summed E-state index contributed by atoms with van der Waals surface area (Å²) in [7, 11) is 0. The number of ether oxygens (including phenoxy) is 1. The maximum Gasteiger partial charge on any atom is 0.302 e. The van der Waals surface area contributed by atoms with Crippen LogP contribution >= 0.6 is 0 Å². The molecule has 3 nitrogen and oxygen atoms in total. The summed E-state index contributed by atoms with van der Waals surface area (Å²) >= 11 is 0. The van der Waals surface area contributed by atoms with E-state index in [1.807, 2.05) is 6.08 Å². The van der Waals surface area contributed by atoms with E-state index in [1.165, 1.54) is 51.9 Å². The first-order chi connectivity index (χ1) is 16.2. The number of hydrogen-bond donors (Lipinski definition) is 0. The summed E-state index contributed by atoms with van der Waals surface area (Å²) in [6.07, 6.45) is 20.2. The van der Waals surface area contributed by atoms with Crippen molar-refractivity contribution in [3.05, 3.63) is 23.8 Å². The highest BCUT2D eigenvalue weighted by atomic mass is 16.5. The second-order valence-electron chi connectivity index (χ2n) is 12.7. The fourth-order valence-corrected chi connectivity index (χ4v) is 9.00. The fraction of sp³-hybridized carbons (Fsp3) is 0.806. The number of esters is 1. The highest BCUT2D eigenvalue weighted by molar-refractivity contribution is 5.89. The van der Waals surface area contributed by atoms with E-state index in [4.69, 9.17) is 4.74 Å². The van der Waals surface area contributed by atoms with Crippen LogP contribution in [-0.2, 0) is 14.3 Å². The van der Waals surface area contributed by atoms with Crippen LogP contribution in [0.25, 0.3) is 0 Å². The molecule has 0 saturated heterocycles. The molecule has 0 aromatic heterocycles. The van der Waals surface area contributed by atoms with Crippen LogP contribution in [0.3, 0.4) is 0 Å². The Bertz CT molecular complexity index is 825. The maximum atomic E-state index is 12.6. The summed E-state index contributed by atoms with van der Waals surface area (Å²) in [6, 6.07) is 0. The molecule has 0 N–H and O–H groups in total. The van der Waals surface area contributed by atoms with Gasteiger partial charge in [0.25, 0.3) is 0 Å². The average Bonchev–Trinajstić information content (AvgIpc) is 3.14. The van der Waals surface area contributed by atoms with Gasteiger partial charge in [0.05, 0.1) is 0 Å². The molecule has 0 heterocycles. The monoisotopic (exact) mass is 468 g/mol. The summed E-state index contributed by atoms with van der Waals surface area (Å²) in [5.74, 6) is 3.66. The lowest BCUT2D eigenvalue weighted by Crippen LogP contribution is -2.51. The lowest BCUT2D eigenvalue weighted by molar-refractivity contribution is -0.148. The van der Waals surface area contributed by atoms with Gasteiger partial charge in [-0.2, -0.15) is 0 Å². The Morgan fingerprint density at radius 1 is 1.15 bits per heavy atom. The predicted octanol–water partition coefficient (Wildman–Crippen LogP) is 7.84. The van der Waals surface area contributed by atoms with E-state index in [-0.39, 0.29) is 17.5 Å². The number of unbranched alkanes of at least 4 members (excludes halogenated alkanes) is 2. The van der Waals surface area contributed by atoms with Crippen molar-refractivity contribution >= 4 is 11.8 Å². The van der Waals surface area contributed by atoms with Crippen LogP contribution in [0.1, 0.15) is 112 Å². The highest BCUT2D eigenvalue weighted by Crippen LogP contribution is 2.67. The van der Waals surface area contributed by atoms with Gasteiger partial charge in [-0.1, -0.05) is 58.3 Å². The number of carbonyl (C=O) groups is 2. The van der Waals surface area contributed by atoms with E-state index in [0.29, 0.717) is 29.5 Å². The number of allylic oxidation sites excluding steroid dienone is 3. The lowest BCUT2D eigenvalue weighted by Gasteiger charge is -2.58. The fourth-order valence-electron chi connectivity index (χ4n) is 9.00. The topological polar surface area (TPSA) is 43.4 Å². The lowest BCUT2D eigenvalue weighted by atomic mass is 9.47. The molecule has 3 heteroatoms. The standard InChI is InChI=1S/C31H48O3/c1-6-7-8-9-10-24(33)19-21(2)27-13-14-28-26-12-11-23-20-25(34-22(3)32)15-17-30(23,4)29(26)16-18-31(27,28)5/h9-11,21,25-29H,6-8,12-20H2,1-5H3/b10-9+/t21-,25+,26+,27-,28+,29+,30+,31-/m1/s1. The van der Waals surface area contributed by atoms with Crippen LogP contribution < -0.4 is 0 Å². The average molecular weight is 469 g/mol. The molecule has 3 fully saturated rings. The number of carbonyl (C=O) groups excluding carboxylic acids is 2. The van der Waals surface area contributed by atoms with Crippen molar-refractivity contribution in [1.29, 1.82) is 0 Å². The molecule has 8 atom stereocenters. The van der Waals surface area contributed by atoms with Gasteiger partial charge in [0.15, 0.2) is 5.78 Å². The smallest absolute Gasteiger partial charge is 0.302 e. The third kappa shape index (κ3) is 4.82. The quantitative estimate of drug-likeness (QED) is 0.158. The molecule has 190 valence electrons. The van der Waals surface area contributed by atoms with Crippen molar-refractivity contribution in [3.63, 3.8) is 0 Å². The molecule has 0 aromatic rings. The Balaban J connectivity index is 1.43. The molecule has 4 aliphatic carbocycles. The Morgan fingerprint density at radius 3 is 2.68 bits per heavy atom. The first kappa shape index (κ1) is 25.7. The van der Waals surface area contributed by atoms with E-state index in [9.17, 15) is 9.59 Å².